The van der Waals surface area contributed by atoms with E-state index in [1.54, 1.807) is 4.90 Å². The number of hydrogen-bond acceptors (Lipinski definition) is 7. The van der Waals surface area contributed by atoms with Crippen molar-refractivity contribution in [2.24, 2.45) is 11.7 Å². The summed E-state index contributed by atoms with van der Waals surface area (Å²) >= 11 is 0. The van der Waals surface area contributed by atoms with Crippen LogP contribution in [0.2, 0.25) is 0 Å². The van der Waals surface area contributed by atoms with Crippen LogP contribution in [0, 0.1) is 5.92 Å². The summed E-state index contributed by atoms with van der Waals surface area (Å²) < 4.78 is 6.15. The Kier molecular flexibility index (Phi) is 30.9. The van der Waals surface area contributed by atoms with Gasteiger partial charge in [-0.25, -0.2) is 0 Å². The van der Waals surface area contributed by atoms with Gasteiger partial charge in [0, 0.05) is 13.0 Å². The Hall–Kier alpha value is -1.26. The molecular formula is C44H87N3O6. The van der Waals surface area contributed by atoms with Gasteiger partial charge >= 0.3 is 0 Å². The average molecular weight is 754 g/mol. The van der Waals surface area contributed by atoms with Gasteiger partial charge in [-0.15, -0.1) is 0 Å². The Bertz CT molecular complexity index is 876. The van der Waals surface area contributed by atoms with Crippen LogP contribution >= 0.6 is 0 Å². The molecule has 0 radical (unpaired) electrons. The molecule has 0 bridgehead atoms. The van der Waals surface area contributed by atoms with Crippen molar-refractivity contribution in [3.8, 4) is 0 Å². The fourth-order valence-corrected chi connectivity index (χ4v) is 7.71. The predicted octanol–water partition coefficient (Wildman–Crippen LogP) is 9.07. The molecule has 53 heavy (non-hydrogen) atoms. The van der Waals surface area contributed by atoms with E-state index in [0.717, 1.165) is 38.5 Å². The smallest absolute Gasteiger partial charge is 0.237 e. The molecule has 314 valence electrons. The molecule has 6 N–H and O–H groups in total. The number of amides is 2. The van der Waals surface area contributed by atoms with Crippen LogP contribution in [0.1, 0.15) is 214 Å². The minimum atomic E-state index is -1.43. The lowest BCUT2D eigenvalue weighted by atomic mass is 9.94. The molecule has 0 unspecified atom stereocenters. The summed E-state index contributed by atoms with van der Waals surface area (Å²) in [6.07, 6.45) is 29.1. The fourth-order valence-electron chi connectivity index (χ4n) is 7.71. The summed E-state index contributed by atoms with van der Waals surface area (Å²) in [5.74, 6) is -0.341. The lowest BCUT2D eigenvalue weighted by molar-refractivity contribution is -0.231. The molecule has 1 heterocycles. The first-order chi connectivity index (χ1) is 25.7. The number of carbonyl (C=O) groups excluding carboxylic acids is 2. The van der Waals surface area contributed by atoms with Gasteiger partial charge in [-0.05, 0) is 25.2 Å². The Labute approximate surface area is 326 Å². The van der Waals surface area contributed by atoms with Crippen LogP contribution in [-0.4, -0.2) is 81.8 Å². The summed E-state index contributed by atoms with van der Waals surface area (Å²) in [6, 6.07) is -1.86. The standard InChI is InChI=1S/C44H87N3O6/c1-5-7-9-11-13-15-17-19-20-21-22-24-26-28-30-32-39(49)47(33-31-29-27-25-23-18-16-14-12-10-8-6-2)44-40(42(51)41(50)38(35-48)53-44)46-43(52)37(45)34-36(3)4/h36-38,40-42,44,48,50-51H,5-35,45H2,1-4H3,(H,46,52)/t37-,38+,40-,41+,42+,44+/m0/s1. The molecule has 0 aromatic rings. The molecule has 2 amide bonds. The van der Waals surface area contributed by atoms with Gasteiger partial charge in [0.1, 0.15) is 24.4 Å². The highest BCUT2D eigenvalue weighted by atomic mass is 16.5. The van der Waals surface area contributed by atoms with Crippen molar-refractivity contribution in [3.63, 3.8) is 0 Å². The number of nitrogens with one attached hydrogen (secondary N) is 1. The zero-order valence-electron chi connectivity index (χ0n) is 35.1. The zero-order valence-corrected chi connectivity index (χ0v) is 35.1. The minimum absolute atomic E-state index is 0.0845. The molecule has 0 saturated carbocycles. The molecule has 0 spiro atoms. The molecule has 1 aliphatic heterocycles. The van der Waals surface area contributed by atoms with Crippen LogP contribution in [0.3, 0.4) is 0 Å². The van der Waals surface area contributed by atoms with E-state index in [1.807, 2.05) is 13.8 Å². The molecular weight excluding hydrogens is 666 g/mol. The quantitative estimate of drug-likeness (QED) is 0.0406. The summed E-state index contributed by atoms with van der Waals surface area (Å²) in [7, 11) is 0. The average Bonchev–Trinajstić information content (AvgIpc) is 3.13. The second-order valence-electron chi connectivity index (χ2n) is 16.7. The van der Waals surface area contributed by atoms with E-state index in [2.05, 4.69) is 19.2 Å². The van der Waals surface area contributed by atoms with E-state index in [9.17, 15) is 24.9 Å². The van der Waals surface area contributed by atoms with Crippen LogP contribution in [0.4, 0.5) is 0 Å². The lowest BCUT2D eigenvalue weighted by Gasteiger charge is -2.47. The van der Waals surface area contributed by atoms with Gasteiger partial charge in [-0.3, -0.25) is 9.59 Å². The summed E-state index contributed by atoms with van der Waals surface area (Å²) in [5.41, 5.74) is 6.19. The number of nitrogens with zero attached hydrogens (tertiary/aromatic N) is 1. The van der Waals surface area contributed by atoms with Gasteiger partial charge < -0.3 is 36.0 Å². The first-order valence-electron chi connectivity index (χ1n) is 22.7. The molecule has 9 nitrogen and oxygen atoms in total. The maximum absolute atomic E-state index is 13.9. The Morgan fingerprint density at radius 3 is 1.43 bits per heavy atom. The highest BCUT2D eigenvalue weighted by molar-refractivity contribution is 5.82. The topological polar surface area (TPSA) is 145 Å². The zero-order chi connectivity index (χ0) is 39.1. The predicted molar refractivity (Wildman–Crippen MR) is 219 cm³/mol. The van der Waals surface area contributed by atoms with E-state index in [-0.39, 0.29) is 11.8 Å². The number of rotatable bonds is 35. The van der Waals surface area contributed by atoms with Crippen molar-refractivity contribution in [2.45, 2.75) is 251 Å². The van der Waals surface area contributed by atoms with Crippen LogP contribution in [0.15, 0.2) is 0 Å². The Morgan fingerprint density at radius 2 is 1.04 bits per heavy atom. The summed E-state index contributed by atoms with van der Waals surface area (Å²) in [6.45, 7) is 8.39. The normalized spacial score (nSPS) is 20.9. The van der Waals surface area contributed by atoms with E-state index >= 15 is 0 Å². The van der Waals surface area contributed by atoms with Gasteiger partial charge in [0.2, 0.25) is 11.8 Å². The van der Waals surface area contributed by atoms with Crippen LogP contribution in [0.25, 0.3) is 0 Å². The molecule has 1 fully saturated rings. The van der Waals surface area contributed by atoms with Crippen LogP contribution in [-0.2, 0) is 14.3 Å². The van der Waals surface area contributed by atoms with Crippen molar-refractivity contribution in [1.29, 1.82) is 0 Å². The van der Waals surface area contributed by atoms with Crippen molar-refractivity contribution >= 4 is 11.8 Å². The van der Waals surface area contributed by atoms with E-state index in [0.29, 0.717) is 19.4 Å². The van der Waals surface area contributed by atoms with Crippen molar-refractivity contribution < 1.29 is 29.6 Å². The molecule has 1 rings (SSSR count). The number of nitrogens with two attached hydrogens (primary N) is 1. The number of hydrogen-bond donors (Lipinski definition) is 5. The molecule has 9 heteroatoms. The molecule has 1 saturated heterocycles. The first-order valence-corrected chi connectivity index (χ1v) is 22.7. The lowest BCUT2D eigenvalue weighted by Crippen LogP contribution is -2.69. The van der Waals surface area contributed by atoms with E-state index in [1.165, 1.54) is 135 Å². The number of ether oxygens (including phenoxy) is 1. The summed E-state index contributed by atoms with van der Waals surface area (Å²) in [5, 5.41) is 34.8. The second kappa shape index (κ2) is 32.9. The van der Waals surface area contributed by atoms with Gasteiger partial charge in [0.25, 0.3) is 0 Å². The van der Waals surface area contributed by atoms with Crippen molar-refractivity contribution in [2.75, 3.05) is 13.2 Å². The highest BCUT2D eigenvalue weighted by Crippen LogP contribution is 2.26. The number of carbonyl (C=O) groups is 2. The third-order valence-electron chi connectivity index (χ3n) is 11.1. The summed E-state index contributed by atoms with van der Waals surface area (Å²) in [4.78, 5) is 28.7. The Morgan fingerprint density at radius 1 is 0.642 bits per heavy atom. The SMILES string of the molecule is CCCCCCCCCCCCCCCCCC(=O)N(CCCCCCCCCCCCCC)[C@@H]1O[C@H](CO)[C@@H](O)[C@H](O)[C@@H]1NC(=O)[C@@H](N)CC(C)C. The van der Waals surface area contributed by atoms with Gasteiger partial charge in [-0.1, -0.05) is 188 Å². The van der Waals surface area contributed by atoms with E-state index in [4.69, 9.17) is 10.5 Å². The van der Waals surface area contributed by atoms with Crippen LogP contribution in [0.5, 0.6) is 0 Å². The third-order valence-corrected chi connectivity index (χ3v) is 11.1. The van der Waals surface area contributed by atoms with Gasteiger partial charge in [0.15, 0.2) is 6.23 Å². The number of aliphatic hydroxyl groups excluding tert-OH is 3. The highest BCUT2D eigenvalue weighted by Gasteiger charge is 2.48. The number of aliphatic hydroxyl groups is 3. The van der Waals surface area contributed by atoms with Gasteiger partial charge in [-0.2, -0.15) is 0 Å². The minimum Gasteiger partial charge on any atom is -0.394 e. The molecule has 6 atom stereocenters. The molecule has 1 aliphatic rings. The maximum atomic E-state index is 13.9. The first kappa shape index (κ1) is 49.8. The Balaban J connectivity index is 2.70. The van der Waals surface area contributed by atoms with E-state index < -0.39 is 49.1 Å². The molecule has 0 aromatic carbocycles. The maximum Gasteiger partial charge on any atom is 0.237 e. The fraction of sp³-hybridized carbons (Fsp3) is 0.955. The largest absolute Gasteiger partial charge is 0.394 e. The van der Waals surface area contributed by atoms with Crippen molar-refractivity contribution in [3.05, 3.63) is 0 Å². The second-order valence-corrected chi connectivity index (χ2v) is 16.7. The van der Waals surface area contributed by atoms with Gasteiger partial charge in [0.05, 0.1) is 12.6 Å². The monoisotopic (exact) mass is 754 g/mol. The molecule has 0 aromatic heterocycles. The molecule has 0 aliphatic carbocycles. The third kappa shape index (κ3) is 23.4. The number of unbranched alkanes of at least 4 members (excludes halogenated alkanes) is 25. The van der Waals surface area contributed by atoms with Crippen LogP contribution < -0.4 is 11.1 Å². The van der Waals surface area contributed by atoms with Crippen molar-refractivity contribution in [1.82, 2.24) is 10.2 Å².